The topological polar surface area (TPSA) is 77.9 Å². The van der Waals surface area contributed by atoms with Crippen molar-refractivity contribution in [3.05, 3.63) is 65.7 Å². The normalized spacial score (nSPS) is 11.5. The molecule has 2 amide bonds. The lowest BCUT2D eigenvalue weighted by atomic mass is 10.1. The maximum Gasteiger partial charge on any atom is 0.308 e. The van der Waals surface area contributed by atoms with Crippen LogP contribution in [0.2, 0.25) is 0 Å². The number of carboxylic acids is 1. The van der Waals surface area contributed by atoms with Crippen LogP contribution in [0.15, 0.2) is 54.6 Å². The second-order valence-corrected chi connectivity index (χ2v) is 6.21. The number of anilines is 1. The van der Waals surface area contributed by atoms with E-state index in [4.69, 9.17) is 5.11 Å². The lowest BCUT2D eigenvalue weighted by Crippen LogP contribution is -2.34. The molecule has 0 aromatic heterocycles. The molecule has 0 fully saturated rings. The molecule has 0 aliphatic rings. The van der Waals surface area contributed by atoms with Gasteiger partial charge < -0.3 is 14.9 Å². The van der Waals surface area contributed by atoms with Crippen LogP contribution >= 0.6 is 0 Å². The molecular formula is C20H22N2O4. The van der Waals surface area contributed by atoms with E-state index in [1.54, 1.807) is 39.2 Å². The number of rotatable bonds is 6. The molecule has 2 aromatic carbocycles. The molecule has 136 valence electrons. The van der Waals surface area contributed by atoms with Crippen LogP contribution in [-0.4, -0.2) is 48.4 Å². The number of carbonyl (C=O) groups is 3. The van der Waals surface area contributed by atoms with Crippen LogP contribution < -0.4 is 4.90 Å². The molecule has 2 aromatic rings. The Morgan fingerprint density at radius 1 is 0.923 bits per heavy atom. The van der Waals surface area contributed by atoms with Crippen molar-refractivity contribution >= 4 is 23.5 Å². The van der Waals surface area contributed by atoms with Crippen molar-refractivity contribution in [2.75, 3.05) is 25.5 Å². The van der Waals surface area contributed by atoms with E-state index >= 15 is 0 Å². The molecule has 0 bridgehead atoms. The number of carboxylic acid groups (broad SMARTS) is 1. The Bertz CT molecular complexity index is 804. The van der Waals surface area contributed by atoms with E-state index in [-0.39, 0.29) is 18.4 Å². The van der Waals surface area contributed by atoms with Crippen LogP contribution in [0.3, 0.4) is 0 Å². The van der Waals surface area contributed by atoms with Crippen molar-refractivity contribution in [2.24, 2.45) is 5.92 Å². The van der Waals surface area contributed by atoms with Gasteiger partial charge in [-0.25, -0.2) is 0 Å². The van der Waals surface area contributed by atoms with Crippen molar-refractivity contribution < 1.29 is 19.5 Å². The predicted molar refractivity (Wildman–Crippen MR) is 99.4 cm³/mol. The number of para-hydroxylation sites is 1. The Hall–Kier alpha value is -3.15. The summed E-state index contributed by atoms with van der Waals surface area (Å²) in [5, 5.41) is 8.98. The fraction of sp³-hybridized carbons (Fsp3) is 0.250. The van der Waals surface area contributed by atoms with Crippen molar-refractivity contribution in [1.29, 1.82) is 0 Å². The second kappa shape index (κ2) is 8.29. The van der Waals surface area contributed by atoms with Gasteiger partial charge in [-0.3, -0.25) is 14.4 Å². The average molecular weight is 354 g/mol. The van der Waals surface area contributed by atoms with E-state index in [9.17, 15) is 14.4 Å². The first-order valence-electron chi connectivity index (χ1n) is 8.22. The van der Waals surface area contributed by atoms with Gasteiger partial charge in [-0.05, 0) is 30.3 Å². The number of hydrogen-bond acceptors (Lipinski definition) is 3. The molecule has 6 nitrogen and oxygen atoms in total. The summed E-state index contributed by atoms with van der Waals surface area (Å²) in [7, 11) is 3.22. The van der Waals surface area contributed by atoms with E-state index in [0.717, 1.165) is 5.69 Å². The first-order valence-corrected chi connectivity index (χ1v) is 8.22. The molecular weight excluding hydrogens is 332 g/mol. The zero-order chi connectivity index (χ0) is 19.3. The lowest BCUT2D eigenvalue weighted by Gasteiger charge is -2.20. The average Bonchev–Trinajstić information content (AvgIpc) is 2.66. The van der Waals surface area contributed by atoms with Crippen LogP contribution in [0.5, 0.6) is 0 Å². The van der Waals surface area contributed by atoms with Crippen LogP contribution in [0, 0.1) is 5.92 Å². The second-order valence-electron chi connectivity index (χ2n) is 6.21. The molecule has 0 saturated heterocycles. The fourth-order valence-corrected chi connectivity index (χ4v) is 2.54. The third-order valence-electron chi connectivity index (χ3n) is 4.12. The minimum atomic E-state index is -0.960. The van der Waals surface area contributed by atoms with Gasteiger partial charge in [0.05, 0.1) is 5.92 Å². The highest BCUT2D eigenvalue weighted by molar-refractivity contribution is 6.07. The monoisotopic (exact) mass is 354 g/mol. The van der Waals surface area contributed by atoms with Gasteiger partial charge in [0.1, 0.15) is 0 Å². The van der Waals surface area contributed by atoms with E-state index in [1.165, 1.54) is 15.9 Å². The predicted octanol–water partition coefficient (Wildman–Crippen LogP) is 2.76. The molecule has 26 heavy (non-hydrogen) atoms. The van der Waals surface area contributed by atoms with Gasteiger partial charge in [0, 0.05) is 37.5 Å². The largest absolute Gasteiger partial charge is 0.481 e. The van der Waals surface area contributed by atoms with Crippen molar-refractivity contribution in [3.63, 3.8) is 0 Å². The van der Waals surface area contributed by atoms with Crippen LogP contribution in [0.4, 0.5) is 5.69 Å². The van der Waals surface area contributed by atoms with Crippen molar-refractivity contribution in [1.82, 2.24) is 4.90 Å². The quantitative estimate of drug-likeness (QED) is 0.865. The summed E-state index contributed by atoms with van der Waals surface area (Å²) in [6.07, 6.45) is 0. The highest BCUT2D eigenvalue weighted by atomic mass is 16.4. The van der Waals surface area contributed by atoms with Gasteiger partial charge in [0.2, 0.25) is 0 Å². The zero-order valence-corrected chi connectivity index (χ0v) is 15.0. The van der Waals surface area contributed by atoms with Crippen LogP contribution in [-0.2, 0) is 4.79 Å². The summed E-state index contributed by atoms with van der Waals surface area (Å²) < 4.78 is 0. The Labute approximate surface area is 152 Å². The molecule has 1 unspecified atom stereocenters. The first kappa shape index (κ1) is 19.2. The van der Waals surface area contributed by atoms with Gasteiger partial charge >= 0.3 is 5.97 Å². The Balaban J connectivity index is 2.18. The molecule has 0 spiro atoms. The first-order chi connectivity index (χ1) is 12.3. The van der Waals surface area contributed by atoms with Gasteiger partial charge in [0.25, 0.3) is 11.8 Å². The molecule has 1 N–H and O–H groups in total. The summed E-state index contributed by atoms with van der Waals surface area (Å²) >= 11 is 0. The zero-order valence-electron chi connectivity index (χ0n) is 15.0. The van der Waals surface area contributed by atoms with Gasteiger partial charge in [-0.15, -0.1) is 0 Å². The molecule has 1 atom stereocenters. The maximum absolute atomic E-state index is 12.7. The number of nitrogens with zero attached hydrogens (tertiary/aromatic N) is 2. The van der Waals surface area contributed by atoms with Gasteiger partial charge in [-0.2, -0.15) is 0 Å². The summed E-state index contributed by atoms with van der Waals surface area (Å²) in [6.45, 7) is 1.64. The molecule has 0 aliphatic carbocycles. The third kappa shape index (κ3) is 4.47. The van der Waals surface area contributed by atoms with Gasteiger partial charge in [0.15, 0.2) is 0 Å². The highest BCUT2D eigenvalue weighted by Crippen LogP contribution is 2.16. The van der Waals surface area contributed by atoms with E-state index < -0.39 is 11.9 Å². The number of hydrogen-bond donors (Lipinski definition) is 1. The number of carbonyl (C=O) groups excluding carboxylic acids is 2. The maximum atomic E-state index is 12.7. The smallest absolute Gasteiger partial charge is 0.308 e. The van der Waals surface area contributed by atoms with Gasteiger partial charge in [-0.1, -0.05) is 31.2 Å². The number of benzene rings is 2. The van der Waals surface area contributed by atoms with E-state index in [0.29, 0.717) is 11.1 Å². The van der Waals surface area contributed by atoms with Crippen LogP contribution in [0.1, 0.15) is 27.6 Å². The molecule has 0 saturated carbocycles. The minimum absolute atomic E-state index is 0.0935. The lowest BCUT2D eigenvalue weighted by molar-refractivity contribution is -0.141. The number of amides is 2. The molecule has 6 heteroatoms. The van der Waals surface area contributed by atoms with Crippen molar-refractivity contribution in [3.8, 4) is 0 Å². The van der Waals surface area contributed by atoms with Crippen LogP contribution in [0.25, 0.3) is 0 Å². The summed E-state index contributed by atoms with van der Waals surface area (Å²) in [5.74, 6) is -2.18. The molecule has 0 aliphatic heterocycles. The number of aliphatic carboxylic acids is 1. The summed E-state index contributed by atoms with van der Waals surface area (Å²) in [5.41, 5.74) is 1.49. The Kier molecular flexibility index (Phi) is 6.11. The Morgan fingerprint density at radius 3 is 2.08 bits per heavy atom. The molecule has 0 radical (unpaired) electrons. The Morgan fingerprint density at radius 2 is 1.50 bits per heavy atom. The standard InChI is InChI=1S/C20H22N2O4/c1-14(20(25)26)13-21(2)18(23)15-8-7-9-16(12-15)19(24)22(3)17-10-5-4-6-11-17/h4-12,14H,13H2,1-3H3,(H,25,26). The van der Waals surface area contributed by atoms with E-state index in [1.807, 2.05) is 30.3 Å². The van der Waals surface area contributed by atoms with Crippen molar-refractivity contribution in [2.45, 2.75) is 6.92 Å². The fourth-order valence-electron chi connectivity index (χ4n) is 2.54. The molecule has 2 rings (SSSR count). The molecule has 0 heterocycles. The summed E-state index contributed by atoms with van der Waals surface area (Å²) in [4.78, 5) is 39.0. The summed E-state index contributed by atoms with van der Waals surface area (Å²) in [6, 6.07) is 15.7. The highest BCUT2D eigenvalue weighted by Gasteiger charge is 2.20. The SMILES string of the molecule is CC(CN(C)C(=O)c1cccc(C(=O)N(C)c2ccccc2)c1)C(=O)O. The third-order valence-corrected chi connectivity index (χ3v) is 4.12. The minimum Gasteiger partial charge on any atom is -0.481 e. The van der Waals surface area contributed by atoms with E-state index in [2.05, 4.69) is 0 Å².